The molecular weight excluding hydrogens is 395 g/mol. The molecule has 0 radical (unpaired) electrons. The zero-order valence-electron chi connectivity index (χ0n) is 17.3. The summed E-state index contributed by atoms with van der Waals surface area (Å²) in [5.41, 5.74) is 0.636. The van der Waals surface area contributed by atoms with Crippen LogP contribution in [-0.4, -0.2) is 41.8 Å². The Bertz CT molecular complexity index is 1020. The number of anilines is 3. The second-order valence-corrected chi connectivity index (χ2v) is 7.18. The largest absolute Gasteiger partial charge is 0.403 e. The number of hydrogen-bond donors (Lipinski definition) is 2. The highest BCUT2D eigenvalue weighted by Gasteiger charge is 2.21. The van der Waals surface area contributed by atoms with Crippen molar-refractivity contribution >= 4 is 17.4 Å². The summed E-state index contributed by atoms with van der Waals surface area (Å²) in [6.07, 6.45) is 0.654. The summed E-state index contributed by atoms with van der Waals surface area (Å²) in [5.74, 6) is -2.85. The van der Waals surface area contributed by atoms with Crippen molar-refractivity contribution in [2.24, 2.45) is 0 Å². The lowest BCUT2D eigenvalue weighted by atomic mass is 10.1. The van der Waals surface area contributed by atoms with Crippen LogP contribution in [0.5, 0.6) is 0 Å². The molecule has 2 N–H and O–H groups in total. The Morgan fingerprint density at radius 3 is 2.50 bits per heavy atom. The summed E-state index contributed by atoms with van der Waals surface area (Å²) in [6, 6.07) is 7.15. The second-order valence-electron chi connectivity index (χ2n) is 7.18. The summed E-state index contributed by atoms with van der Waals surface area (Å²) in [5, 5.41) is 13.4. The van der Waals surface area contributed by atoms with Crippen LogP contribution in [0.15, 0.2) is 34.7 Å². The number of likely N-dealkylation sites (N-methyl/N-ethyl adjacent to an activating group) is 1. The topological polar surface area (TPSA) is 66.2 Å². The summed E-state index contributed by atoms with van der Waals surface area (Å²) >= 11 is 0. The highest BCUT2D eigenvalue weighted by Crippen LogP contribution is 2.34. The van der Waals surface area contributed by atoms with Gasteiger partial charge >= 0.3 is 6.01 Å². The molecule has 3 rings (SSSR count). The first kappa shape index (κ1) is 21.6. The van der Waals surface area contributed by atoms with Crippen LogP contribution in [0.1, 0.15) is 19.4 Å². The number of aryl methyl sites for hydroxylation is 1. The van der Waals surface area contributed by atoms with E-state index in [-0.39, 0.29) is 34.9 Å². The molecule has 0 aliphatic rings. The molecule has 0 saturated carbocycles. The minimum atomic E-state index is -1.17. The quantitative estimate of drug-likeness (QED) is 0.546. The number of nitrogens with one attached hydrogen (secondary N) is 2. The third kappa shape index (κ3) is 4.73. The van der Waals surface area contributed by atoms with Gasteiger partial charge in [-0.25, -0.2) is 13.2 Å². The molecule has 9 heteroatoms. The van der Waals surface area contributed by atoms with Gasteiger partial charge in [-0.1, -0.05) is 18.1 Å². The van der Waals surface area contributed by atoms with E-state index in [9.17, 15) is 13.2 Å². The maximum absolute atomic E-state index is 14.6. The first-order valence-corrected chi connectivity index (χ1v) is 9.57. The van der Waals surface area contributed by atoms with Crippen molar-refractivity contribution in [2.75, 3.05) is 31.3 Å². The van der Waals surface area contributed by atoms with Crippen LogP contribution in [-0.2, 0) is 6.42 Å². The smallest absolute Gasteiger partial charge is 0.315 e. The molecule has 1 unspecified atom stereocenters. The maximum Gasteiger partial charge on any atom is 0.315 e. The Kier molecular flexibility index (Phi) is 6.61. The standard InChI is InChI=1S/C21H24F3N5O/c1-5-13-6-9-17(16(23)10-13)26-19-14(7-8-15(22)18(19)24)20-27-28-21(30-20)25-11-12(2)29(3)4/h6-10,12,26H,5,11H2,1-4H3,(H,25,28). The molecular formula is C21H24F3N5O. The lowest BCUT2D eigenvalue weighted by Gasteiger charge is -2.19. The Morgan fingerprint density at radius 2 is 1.83 bits per heavy atom. The lowest BCUT2D eigenvalue weighted by Crippen LogP contribution is -2.31. The predicted molar refractivity (Wildman–Crippen MR) is 110 cm³/mol. The number of hydrogen-bond acceptors (Lipinski definition) is 6. The van der Waals surface area contributed by atoms with Crippen molar-refractivity contribution in [3.63, 3.8) is 0 Å². The maximum atomic E-state index is 14.6. The molecule has 0 aliphatic heterocycles. The van der Waals surface area contributed by atoms with E-state index >= 15 is 0 Å². The molecule has 0 saturated heterocycles. The number of rotatable bonds is 8. The number of benzene rings is 2. The van der Waals surface area contributed by atoms with Gasteiger partial charge in [0, 0.05) is 12.6 Å². The van der Waals surface area contributed by atoms with Gasteiger partial charge in [0.1, 0.15) is 5.82 Å². The second kappa shape index (κ2) is 9.17. The zero-order valence-corrected chi connectivity index (χ0v) is 17.3. The van der Waals surface area contributed by atoms with Gasteiger partial charge in [0.05, 0.1) is 16.9 Å². The normalized spacial score (nSPS) is 12.3. The fraction of sp³-hybridized carbons (Fsp3) is 0.333. The van der Waals surface area contributed by atoms with Crippen molar-refractivity contribution < 1.29 is 17.6 Å². The van der Waals surface area contributed by atoms with Crippen LogP contribution in [0, 0.1) is 17.5 Å². The highest BCUT2D eigenvalue weighted by molar-refractivity contribution is 5.78. The van der Waals surface area contributed by atoms with E-state index < -0.39 is 17.5 Å². The van der Waals surface area contributed by atoms with Crippen LogP contribution < -0.4 is 10.6 Å². The van der Waals surface area contributed by atoms with Crippen molar-refractivity contribution in [2.45, 2.75) is 26.3 Å². The van der Waals surface area contributed by atoms with Gasteiger partial charge in [-0.15, -0.1) is 5.10 Å². The average molecular weight is 419 g/mol. The van der Waals surface area contributed by atoms with Crippen molar-refractivity contribution in [3.05, 3.63) is 53.3 Å². The van der Waals surface area contributed by atoms with Gasteiger partial charge in [-0.2, -0.15) is 0 Å². The van der Waals surface area contributed by atoms with Crippen LogP contribution in [0.25, 0.3) is 11.5 Å². The van der Waals surface area contributed by atoms with Gasteiger partial charge < -0.3 is 20.0 Å². The van der Waals surface area contributed by atoms with Crippen molar-refractivity contribution in [1.29, 1.82) is 0 Å². The Morgan fingerprint density at radius 1 is 1.07 bits per heavy atom. The molecule has 1 heterocycles. The molecule has 0 aliphatic carbocycles. The SMILES string of the molecule is CCc1ccc(Nc2c(-c3nnc(NCC(C)N(C)C)o3)ccc(F)c2F)c(F)c1. The number of nitrogens with zero attached hydrogens (tertiary/aromatic N) is 3. The molecule has 160 valence electrons. The zero-order chi connectivity index (χ0) is 21.8. The summed E-state index contributed by atoms with van der Waals surface area (Å²) in [4.78, 5) is 2.01. The average Bonchev–Trinajstić information content (AvgIpc) is 3.19. The van der Waals surface area contributed by atoms with E-state index in [2.05, 4.69) is 20.8 Å². The third-order valence-corrected chi connectivity index (χ3v) is 4.88. The number of halogens is 3. The Hall–Kier alpha value is -3.07. The van der Waals surface area contributed by atoms with Crippen LogP contribution in [0.3, 0.4) is 0 Å². The molecule has 1 atom stereocenters. The molecule has 0 bridgehead atoms. The first-order chi connectivity index (χ1) is 14.3. The van der Waals surface area contributed by atoms with E-state index in [4.69, 9.17) is 4.42 Å². The van der Waals surface area contributed by atoms with E-state index in [0.29, 0.717) is 13.0 Å². The Labute approximate surface area is 173 Å². The van der Waals surface area contributed by atoms with Gasteiger partial charge in [-0.05, 0) is 57.3 Å². The van der Waals surface area contributed by atoms with E-state index in [0.717, 1.165) is 11.6 Å². The molecule has 0 fully saturated rings. The van der Waals surface area contributed by atoms with Gasteiger partial charge in [0.15, 0.2) is 11.6 Å². The molecule has 30 heavy (non-hydrogen) atoms. The molecule has 0 spiro atoms. The summed E-state index contributed by atoms with van der Waals surface area (Å²) in [7, 11) is 3.88. The van der Waals surface area contributed by atoms with Gasteiger partial charge in [0.25, 0.3) is 5.89 Å². The summed E-state index contributed by atoms with van der Waals surface area (Å²) in [6.45, 7) is 4.46. The first-order valence-electron chi connectivity index (χ1n) is 9.57. The van der Waals surface area contributed by atoms with E-state index in [1.165, 1.54) is 18.2 Å². The predicted octanol–water partition coefficient (Wildman–Crippen LogP) is 4.82. The minimum absolute atomic E-state index is 0.00983. The Balaban J connectivity index is 1.91. The van der Waals surface area contributed by atoms with Gasteiger partial charge in [-0.3, -0.25) is 0 Å². The third-order valence-electron chi connectivity index (χ3n) is 4.88. The van der Waals surface area contributed by atoms with Gasteiger partial charge in [0.2, 0.25) is 0 Å². The van der Waals surface area contributed by atoms with Crippen molar-refractivity contribution in [1.82, 2.24) is 15.1 Å². The number of aromatic nitrogens is 2. The lowest BCUT2D eigenvalue weighted by molar-refractivity contribution is 0.324. The monoisotopic (exact) mass is 419 g/mol. The molecule has 0 amide bonds. The molecule has 1 aromatic heterocycles. The molecule has 2 aromatic carbocycles. The fourth-order valence-corrected chi connectivity index (χ4v) is 2.69. The highest BCUT2D eigenvalue weighted by atomic mass is 19.2. The van der Waals surface area contributed by atoms with E-state index in [1.807, 2.05) is 32.8 Å². The van der Waals surface area contributed by atoms with Crippen LogP contribution in [0.2, 0.25) is 0 Å². The molecule has 3 aromatic rings. The van der Waals surface area contributed by atoms with Crippen LogP contribution in [0.4, 0.5) is 30.6 Å². The molecule has 6 nitrogen and oxygen atoms in total. The fourth-order valence-electron chi connectivity index (χ4n) is 2.69. The van der Waals surface area contributed by atoms with E-state index in [1.54, 1.807) is 6.07 Å². The van der Waals surface area contributed by atoms with Crippen LogP contribution >= 0.6 is 0 Å². The summed E-state index contributed by atoms with van der Waals surface area (Å²) < 4.78 is 48.4. The van der Waals surface area contributed by atoms with Crippen molar-refractivity contribution in [3.8, 4) is 11.5 Å². The minimum Gasteiger partial charge on any atom is -0.403 e.